The fourth-order valence-electron chi connectivity index (χ4n) is 0.491. The monoisotopic (exact) mass is 196 g/mol. The molecule has 1 heterocycles. The van der Waals surface area contributed by atoms with Gasteiger partial charge in [-0.15, -0.1) is 0 Å². The molecule has 5 heteroatoms. The Kier molecular flexibility index (Phi) is 2.39. The highest BCUT2D eigenvalue weighted by molar-refractivity contribution is 8.65. The van der Waals surface area contributed by atoms with Gasteiger partial charge in [0.25, 0.3) is 0 Å². The molecule has 0 aliphatic rings. The Balaban J connectivity index is 2.97. The summed E-state index contributed by atoms with van der Waals surface area (Å²) in [4.78, 5) is 7.66. The van der Waals surface area contributed by atoms with Crippen LogP contribution < -0.4 is 0 Å². The van der Waals surface area contributed by atoms with E-state index in [-0.39, 0.29) is 0 Å². The van der Waals surface area contributed by atoms with Gasteiger partial charge in [-0.1, -0.05) is 0 Å². The van der Waals surface area contributed by atoms with Crippen LogP contribution in [0.2, 0.25) is 0 Å². The van der Waals surface area contributed by atoms with E-state index in [4.69, 9.17) is 21.4 Å². The molecule has 0 fully saturated rings. The van der Waals surface area contributed by atoms with Crippen LogP contribution in [0.15, 0.2) is 23.6 Å². The van der Waals surface area contributed by atoms with Crippen LogP contribution in [0.1, 0.15) is 0 Å². The molecule has 0 spiro atoms. The Morgan fingerprint density at radius 2 is 2.20 bits per heavy atom. The largest absolute Gasteiger partial charge is 0.245 e. The predicted octanol–water partition coefficient (Wildman–Crippen LogP) is 2.58. The third-order valence-corrected chi connectivity index (χ3v) is 2.85. The van der Waals surface area contributed by atoms with E-state index in [0.29, 0.717) is 5.03 Å². The highest BCUT2D eigenvalue weighted by atomic mass is 36.0. The molecule has 0 unspecified atom stereocenters. The number of halogens is 2. The molecule has 0 N–H and O–H groups in total. The number of hydrogen-bond donors (Lipinski definition) is 0. The standard InChI is InChI=1S/C5H6Cl2N2S/c1-10(6,7)5-2-3-8-4-9-5/h2-4H,1H3. The smallest absolute Gasteiger partial charge is 0.116 e. The van der Waals surface area contributed by atoms with Crippen molar-refractivity contribution < 1.29 is 0 Å². The van der Waals surface area contributed by atoms with Crippen molar-refractivity contribution in [2.75, 3.05) is 6.26 Å². The van der Waals surface area contributed by atoms with E-state index in [1.54, 1.807) is 18.5 Å². The molecule has 0 aliphatic carbocycles. The van der Waals surface area contributed by atoms with Gasteiger partial charge in [0.2, 0.25) is 0 Å². The van der Waals surface area contributed by atoms with E-state index in [2.05, 4.69) is 9.97 Å². The summed E-state index contributed by atoms with van der Waals surface area (Å²) in [7, 11) is 9.92. The van der Waals surface area contributed by atoms with Crippen LogP contribution in [-0.2, 0) is 0 Å². The molecule has 0 amide bonds. The Hall–Kier alpha value is 0.01000. The van der Waals surface area contributed by atoms with Crippen molar-refractivity contribution in [1.82, 2.24) is 9.97 Å². The van der Waals surface area contributed by atoms with E-state index in [9.17, 15) is 0 Å². The Labute approximate surface area is 69.9 Å². The molecule has 0 saturated heterocycles. The molecule has 0 atom stereocenters. The van der Waals surface area contributed by atoms with E-state index in [1.165, 1.54) is 6.33 Å². The molecular formula is C5H6Cl2N2S. The fraction of sp³-hybridized carbons (Fsp3) is 0.200. The van der Waals surface area contributed by atoms with Gasteiger partial charge in [-0.25, -0.2) is 9.97 Å². The van der Waals surface area contributed by atoms with Crippen molar-refractivity contribution in [2.45, 2.75) is 5.03 Å². The first-order valence-electron chi connectivity index (χ1n) is 2.54. The number of rotatable bonds is 1. The van der Waals surface area contributed by atoms with Gasteiger partial charge in [-0.2, -0.15) is 0 Å². The summed E-state index contributed by atoms with van der Waals surface area (Å²) >= 11 is 0. The summed E-state index contributed by atoms with van der Waals surface area (Å²) in [6.45, 7) is 0. The van der Waals surface area contributed by atoms with Crippen molar-refractivity contribution in [1.29, 1.82) is 0 Å². The summed E-state index contributed by atoms with van der Waals surface area (Å²) in [5, 5.41) is 0.700. The van der Waals surface area contributed by atoms with Crippen LogP contribution in [0.3, 0.4) is 0 Å². The molecule has 0 saturated carbocycles. The first-order chi connectivity index (χ1) is 4.61. The summed E-state index contributed by atoms with van der Waals surface area (Å²) < 4.78 is 0. The Bertz CT molecular complexity index is 209. The Morgan fingerprint density at radius 3 is 2.50 bits per heavy atom. The lowest BCUT2D eigenvalue weighted by molar-refractivity contribution is 1.05. The lowest BCUT2D eigenvalue weighted by Gasteiger charge is -2.15. The molecular weight excluding hydrogens is 191 g/mol. The van der Waals surface area contributed by atoms with Gasteiger partial charge in [-0.05, 0) is 42.1 Å². The predicted molar refractivity (Wildman–Crippen MR) is 45.5 cm³/mol. The molecule has 1 aromatic heterocycles. The normalized spacial score (nSPS) is 13.1. The molecule has 0 bridgehead atoms. The second-order valence-electron chi connectivity index (χ2n) is 1.77. The SMILES string of the molecule is CS(Cl)(Cl)c1ccncn1. The van der Waals surface area contributed by atoms with Crippen LogP contribution >= 0.6 is 29.8 Å². The summed E-state index contributed by atoms with van der Waals surface area (Å²) in [5.74, 6) is 0. The van der Waals surface area contributed by atoms with Gasteiger partial charge in [0.15, 0.2) is 0 Å². The van der Waals surface area contributed by atoms with E-state index >= 15 is 0 Å². The maximum atomic E-state index is 5.82. The van der Waals surface area contributed by atoms with Crippen molar-refractivity contribution in [3.05, 3.63) is 18.6 Å². The van der Waals surface area contributed by atoms with Gasteiger partial charge < -0.3 is 0 Å². The van der Waals surface area contributed by atoms with Crippen LogP contribution in [0.4, 0.5) is 0 Å². The number of nitrogens with zero attached hydrogens (tertiary/aromatic N) is 2. The molecule has 2 nitrogen and oxygen atoms in total. The third kappa shape index (κ3) is 2.01. The second-order valence-corrected chi connectivity index (χ2v) is 7.82. The molecule has 1 aromatic rings. The molecule has 0 radical (unpaired) electrons. The third-order valence-electron chi connectivity index (χ3n) is 0.922. The zero-order valence-electron chi connectivity index (χ0n) is 5.29. The first kappa shape index (κ1) is 8.11. The number of aromatic nitrogens is 2. The van der Waals surface area contributed by atoms with Gasteiger partial charge in [0, 0.05) is 6.20 Å². The highest BCUT2D eigenvalue weighted by Crippen LogP contribution is 2.60. The molecule has 1 rings (SSSR count). The minimum absolute atomic E-state index is 0.700. The van der Waals surface area contributed by atoms with Gasteiger partial charge >= 0.3 is 0 Å². The molecule has 0 aliphatic heterocycles. The summed E-state index contributed by atoms with van der Waals surface area (Å²) in [6.07, 6.45) is 4.81. The van der Waals surface area contributed by atoms with Gasteiger partial charge in [0.05, 0.1) is 0 Å². The number of hydrogen-bond acceptors (Lipinski definition) is 2. The quantitative estimate of drug-likeness (QED) is 0.646. The maximum absolute atomic E-state index is 5.82. The van der Waals surface area contributed by atoms with Gasteiger partial charge in [-0.3, -0.25) is 0 Å². The maximum Gasteiger partial charge on any atom is 0.116 e. The molecule has 0 aromatic carbocycles. The summed E-state index contributed by atoms with van der Waals surface area (Å²) in [5.41, 5.74) is 0. The van der Waals surface area contributed by atoms with E-state index in [1.807, 2.05) is 0 Å². The first-order valence-corrected chi connectivity index (χ1v) is 6.23. The van der Waals surface area contributed by atoms with E-state index < -0.39 is 8.46 Å². The molecule has 56 valence electrons. The van der Waals surface area contributed by atoms with Crippen molar-refractivity contribution in [2.24, 2.45) is 0 Å². The zero-order valence-corrected chi connectivity index (χ0v) is 7.62. The van der Waals surface area contributed by atoms with Gasteiger partial charge in [0.1, 0.15) is 11.4 Å². The summed E-state index contributed by atoms with van der Waals surface area (Å²) in [6, 6.07) is 1.72. The minimum atomic E-state index is -1.71. The van der Waals surface area contributed by atoms with Crippen LogP contribution in [0.25, 0.3) is 0 Å². The second kappa shape index (κ2) is 2.95. The Morgan fingerprint density at radius 1 is 1.50 bits per heavy atom. The lowest BCUT2D eigenvalue weighted by atomic mass is 10.7. The minimum Gasteiger partial charge on any atom is -0.245 e. The van der Waals surface area contributed by atoms with Crippen molar-refractivity contribution in [3.8, 4) is 0 Å². The van der Waals surface area contributed by atoms with Crippen LogP contribution in [0, 0.1) is 0 Å². The lowest BCUT2D eigenvalue weighted by Crippen LogP contribution is -1.86. The topological polar surface area (TPSA) is 25.8 Å². The average molecular weight is 197 g/mol. The molecule has 10 heavy (non-hydrogen) atoms. The fourth-order valence-corrected chi connectivity index (χ4v) is 1.57. The van der Waals surface area contributed by atoms with Crippen LogP contribution in [-0.4, -0.2) is 16.2 Å². The van der Waals surface area contributed by atoms with Crippen molar-refractivity contribution in [3.63, 3.8) is 0 Å². The van der Waals surface area contributed by atoms with Crippen LogP contribution in [0.5, 0.6) is 0 Å². The zero-order chi connectivity index (χ0) is 7.61. The van der Waals surface area contributed by atoms with E-state index in [0.717, 1.165) is 0 Å². The van der Waals surface area contributed by atoms with Crippen molar-refractivity contribution >= 4 is 29.8 Å². The average Bonchev–Trinajstić information content (AvgIpc) is 1.88. The highest BCUT2D eigenvalue weighted by Gasteiger charge is 2.13.